The van der Waals surface area contributed by atoms with Crippen LogP contribution in [0.25, 0.3) is 6.08 Å². The van der Waals surface area contributed by atoms with Crippen molar-refractivity contribution < 1.29 is 28.7 Å². The van der Waals surface area contributed by atoms with Crippen LogP contribution in [0.4, 0.5) is 5.13 Å². The molecule has 2 aromatic rings. The van der Waals surface area contributed by atoms with E-state index in [1.165, 1.54) is 30.0 Å². The van der Waals surface area contributed by atoms with Gasteiger partial charge in [0.05, 0.1) is 6.26 Å². The van der Waals surface area contributed by atoms with Gasteiger partial charge in [0.15, 0.2) is 10.8 Å². The number of nitrogen functional groups attached to an aromatic ring is 1. The zero-order chi connectivity index (χ0) is 22.9. The molecule has 2 aliphatic rings. The summed E-state index contributed by atoms with van der Waals surface area (Å²) in [4.78, 5) is 47.8. The topological polar surface area (TPSA) is 160 Å². The minimum absolute atomic E-state index is 0. The second kappa shape index (κ2) is 10.3. The van der Waals surface area contributed by atoms with Crippen LogP contribution < -0.4 is 11.1 Å². The Kier molecular flexibility index (Phi) is 7.90. The number of rotatable bonds is 7. The van der Waals surface area contributed by atoms with E-state index in [4.69, 9.17) is 15.0 Å². The molecule has 4 heterocycles. The molecule has 0 saturated carbocycles. The van der Waals surface area contributed by atoms with Gasteiger partial charge in [-0.3, -0.25) is 14.4 Å². The normalized spacial score (nSPS) is 24.6. The van der Waals surface area contributed by atoms with Crippen molar-refractivity contribution in [2.24, 2.45) is 10.6 Å². The van der Waals surface area contributed by atoms with Crippen molar-refractivity contribution >= 4 is 87.4 Å². The van der Waals surface area contributed by atoms with E-state index >= 15 is 0 Å². The molecule has 2 fully saturated rings. The van der Waals surface area contributed by atoms with Gasteiger partial charge in [-0.05, 0) is 18.2 Å². The number of nitrogens with one attached hydrogen (secondary N) is 1. The molecule has 170 valence electrons. The average molecular weight is 502 g/mol. The summed E-state index contributed by atoms with van der Waals surface area (Å²) < 4.78 is 5.23. The van der Waals surface area contributed by atoms with E-state index in [2.05, 4.69) is 15.5 Å². The monoisotopic (exact) mass is 501 g/mol. The van der Waals surface area contributed by atoms with E-state index in [9.17, 15) is 19.5 Å². The van der Waals surface area contributed by atoms with Crippen LogP contribution in [0.5, 0.6) is 0 Å². The third-order valence-electron chi connectivity index (χ3n) is 5.09. The standard InChI is InChI=1S/C19H19N5O6S2.Na.H/c1-29-23-12(11-7-31-18(20)21-11)14(25)22-13-15(26)24-8-19(17(27)28,9-32-16(13)24)5-4-10-3-2-6-30-10;;/h2-7,13,16H,8-9H2,1H3,(H2,20,21)(H,22,25)(H,27,28);;/t13?,16-,19?;;/m1../s1. The first kappa shape index (κ1) is 25.3. The number of hydrogen-bond acceptors (Lipinski definition) is 10. The number of nitrogens with two attached hydrogens (primary N) is 1. The summed E-state index contributed by atoms with van der Waals surface area (Å²) in [5, 5.41) is 17.6. The van der Waals surface area contributed by atoms with Crippen LogP contribution >= 0.6 is 23.1 Å². The first-order valence-corrected chi connectivity index (χ1v) is 11.3. The Morgan fingerprint density at radius 3 is 2.91 bits per heavy atom. The predicted molar refractivity (Wildman–Crippen MR) is 125 cm³/mol. The van der Waals surface area contributed by atoms with Gasteiger partial charge in [0.2, 0.25) is 5.91 Å². The Bertz CT molecular complexity index is 1100. The van der Waals surface area contributed by atoms with Crippen molar-refractivity contribution in [3.63, 3.8) is 0 Å². The second-order valence-corrected chi connectivity index (χ2v) is 9.12. The molecule has 11 nitrogen and oxygen atoms in total. The summed E-state index contributed by atoms with van der Waals surface area (Å²) in [5.74, 6) is -1.31. The summed E-state index contributed by atoms with van der Waals surface area (Å²) in [5.41, 5.74) is 4.49. The molecule has 14 heteroatoms. The number of carbonyl (C=O) groups is 3. The first-order valence-electron chi connectivity index (χ1n) is 9.36. The number of anilines is 1. The SMILES string of the molecule is CON=C(C(=O)NC1C(=O)N2CC(C=Cc3ccco3)(C(=O)O)CS[C@H]12)c1csc(N)n1.[NaH]. The molecule has 2 amide bonds. The molecule has 3 atom stereocenters. The Balaban J connectivity index is 0.00000306. The van der Waals surface area contributed by atoms with E-state index < -0.39 is 23.3 Å². The van der Waals surface area contributed by atoms with E-state index in [0.717, 1.165) is 11.3 Å². The van der Waals surface area contributed by atoms with Crippen LogP contribution in [0.1, 0.15) is 11.5 Å². The maximum absolute atomic E-state index is 12.8. The molecule has 33 heavy (non-hydrogen) atoms. The Labute approximate surface area is 218 Å². The molecule has 0 aromatic carbocycles. The van der Waals surface area contributed by atoms with Crippen LogP contribution in [0.3, 0.4) is 0 Å². The Morgan fingerprint density at radius 2 is 2.30 bits per heavy atom. The van der Waals surface area contributed by atoms with Gasteiger partial charge in [-0.2, -0.15) is 0 Å². The third kappa shape index (κ3) is 4.96. The van der Waals surface area contributed by atoms with E-state index in [-0.39, 0.29) is 69.7 Å². The Hall–Kier alpha value is -2.32. The molecular weight excluding hydrogens is 481 g/mol. The van der Waals surface area contributed by atoms with Crippen LogP contribution in [0.2, 0.25) is 0 Å². The van der Waals surface area contributed by atoms with Crippen LogP contribution in [-0.2, 0) is 19.2 Å². The number of oxime groups is 1. The average Bonchev–Trinajstić information content (AvgIpc) is 3.45. The van der Waals surface area contributed by atoms with Crippen LogP contribution in [0, 0.1) is 5.41 Å². The van der Waals surface area contributed by atoms with Gasteiger partial charge < -0.3 is 30.3 Å². The van der Waals surface area contributed by atoms with Gasteiger partial charge in [-0.15, -0.1) is 23.1 Å². The number of thioether (sulfide) groups is 1. The number of carboxylic acids is 1. The molecule has 2 saturated heterocycles. The van der Waals surface area contributed by atoms with E-state index in [0.29, 0.717) is 5.76 Å². The summed E-state index contributed by atoms with van der Waals surface area (Å²) in [6.45, 7) is -0.00987. The summed E-state index contributed by atoms with van der Waals surface area (Å²) in [6, 6.07) is 2.60. The molecule has 2 aromatic heterocycles. The molecule has 0 spiro atoms. The minimum atomic E-state index is -1.26. The van der Waals surface area contributed by atoms with Gasteiger partial charge >= 0.3 is 35.5 Å². The fraction of sp³-hybridized carbons (Fsp3) is 0.316. The molecule has 2 aliphatic heterocycles. The van der Waals surface area contributed by atoms with Gasteiger partial charge in [-0.1, -0.05) is 11.2 Å². The number of furan rings is 1. The van der Waals surface area contributed by atoms with Crippen molar-refractivity contribution in [1.29, 1.82) is 0 Å². The van der Waals surface area contributed by atoms with Gasteiger partial charge in [0, 0.05) is 17.7 Å². The van der Waals surface area contributed by atoms with Crippen molar-refractivity contribution in [3.05, 3.63) is 41.3 Å². The van der Waals surface area contributed by atoms with Crippen molar-refractivity contribution in [3.8, 4) is 0 Å². The van der Waals surface area contributed by atoms with E-state index in [1.807, 2.05) is 0 Å². The van der Waals surface area contributed by atoms with Crippen molar-refractivity contribution in [2.75, 3.05) is 25.1 Å². The molecule has 0 radical (unpaired) electrons. The third-order valence-corrected chi connectivity index (χ3v) is 7.31. The maximum atomic E-state index is 12.8. The number of carbonyl (C=O) groups excluding carboxylic acids is 2. The van der Waals surface area contributed by atoms with Crippen LogP contribution in [-0.4, -0.2) is 98.9 Å². The number of thiazole rings is 1. The molecule has 0 aliphatic carbocycles. The Morgan fingerprint density at radius 1 is 1.52 bits per heavy atom. The zero-order valence-corrected chi connectivity index (χ0v) is 18.4. The zero-order valence-electron chi connectivity index (χ0n) is 16.8. The summed E-state index contributed by atoms with van der Waals surface area (Å²) in [7, 11) is 1.29. The first-order chi connectivity index (χ1) is 15.3. The predicted octanol–water partition coefficient (Wildman–Crippen LogP) is 0.205. The number of aliphatic carboxylic acids is 1. The number of hydrogen-bond donors (Lipinski definition) is 3. The number of aromatic nitrogens is 1. The molecule has 2 unspecified atom stereocenters. The molecule has 0 bridgehead atoms. The number of nitrogens with zero attached hydrogens (tertiary/aromatic N) is 3. The number of β-lactam (4-membered cyclic amide) rings is 1. The van der Waals surface area contributed by atoms with Crippen molar-refractivity contribution in [2.45, 2.75) is 11.4 Å². The summed E-state index contributed by atoms with van der Waals surface area (Å²) >= 11 is 2.43. The van der Waals surface area contributed by atoms with E-state index in [1.54, 1.807) is 29.7 Å². The van der Waals surface area contributed by atoms with Crippen molar-refractivity contribution in [1.82, 2.24) is 15.2 Å². The molecular formula is C19H20N5NaO6S2. The van der Waals surface area contributed by atoms with Crippen LogP contribution in [0.15, 0.2) is 39.4 Å². The number of fused-ring (bicyclic) bond motifs is 1. The number of carboxylic acid groups (broad SMARTS) is 1. The quantitative estimate of drug-likeness (QED) is 0.208. The van der Waals surface area contributed by atoms with Gasteiger partial charge in [-0.25, -0.2) is 4.98 Å². The molecule has 4 rings (SSSR count). The second-order valence-electron chi connectivity index (χ2n) is 7.12. The van der Waals surface area contributed by atoms with Gasteiger partial charge in [0.1, 0.15) is 35.4 Å². The summed E-state index contributed by atoms with van der Waals surface area (Å²) in [6.07, 6.45) is 4.63. The fourth-order valence-corrected chi connectivity index (χ4v) is 5.49. The number of amides is 2. The molecule has 4 N–H and O–H groups in total. The van der Waals surface area contributed by atoms with Gasteiger partial charge in [0.25, 0.3) is 5.91 Å². The fourth-order valence-electron chi connectivity index (χ4n) is 3.43.